The lowest BCUT2D eigenvalue weighted by molar-refractivity contribution is 0.413. The second-order valence-corrected chi connectivity index (χ2v) is 5.13. The number of hydrogen-bond acceptors (Lipinski definition) is 2. The predicted molar refractivity (Wildman–Crippen MR) is 82.1 cm³/mol. The number of methoxy groups -OCH3 is 1. The zero-order valence-corrected chi connectivity index (χ0v) is 13.0. The van der Waals surface area contributed by atoms with Crippen LogP contribution < -0.4 is 10.1 Å². The van der Waals surface area contributed by atoms with E-state index in [1.165, 1.54) is 5.57 Å². The van der Waals surface area contributed by atoms with E-state index in [9.17, 15) is 0 Å². The molecule has 1 N–H and O–H groups in total. The van der Waals surface area contributed by atoms with Crippen LogP contribution in [0.1, 0.15) is 32.3 Å². The zero-order valence-electron chi connectivity index (χ0n) is 11.4. The molecule has 0 amide bonds. The molecule has 0 radical (unpaired) electrons. The van der Waals surface area contributed by atoms with Gasteiger partial charge >= 0.3 is 0 Å². The fourth-order valence-corrected chi connectivity index (χ4v) is 2.12. The molecule has 0 aliphatic heterocycles. The highest BCUT2D eigenvalue weighted by molar-refractivity contribution is 9.10. The lowest BCUT2D eigenvalue weighted by Crippen LogP contribution is -2.17. The molecular formula is C15H22BrNO. The first kappa shape index (κ1) is 15.3. The van der Waals surface area contributed by atoms with Crippen molar-refractivity contribution in [2.24, 2.45) is 0 Å². The van der Waals surface area contributed by atoms with Gasteiger partial charge in [-0.05, 0) is 37.6 Å². The topological polar surface area (TPSA) is 21.3 Å². The van der Waals surface area contributed by atoms with E-state index >= 15 is 0 Å². The van der Waals surface area contributed by atoms with Crippen molar-refractivity contribution in [2.75, 3.05) is 20.2 Å². The van der Waals surface area contributed by atoms with Gasteiger partial charge in [-0.1, -0.05) is 41.4 Å². The summed E-state index contributed by atoms with van der Waals surface area (Å²) in [4.78, 5) is 0. The highest BCUT2D eigenvalue weighted by Gasteiger charge is 2.02. The van der Waals surface area contributed by atoms with Gasteiger partial charge in [0.15, 0.2) is 0 Å². The van der Waals surface area contributed by atoms with Gasteiger partial charge < -0.3 is 10.1 Å². The van der Waals surface area contributed by atoms with E-state index in [-0.39, 0.29) is 0 Å². The average Bonchev–Trinajstić information content (AvgIpc) is 2.38. The van der Waals surface area contributed by atoms with Crippen molar-refractivity contribution < 1.29 is 4.74 Å². The Morgan fingerprint density at radius 2 is 2.17 bits per heavy atom. The Morgan fingerprint density at radius 1 is 1.39 bits per heavy atom. The fourth-order valence-electron chi connectivity index (χ4n) is 1.74. The van der Waals surface area contributed by atoms with Crippen LogP contribution in [0.4, 0.5) is 0 Å². The third-order valence-corrected chi connectivity index (χ3v) is 3.28. The van der Waals surface area contributed by atoms with E-state index < -0.39 is 0 Å². The van der Waals surface area contributed by atoms with Crippen LogP contribution in [-0.2, 0) is 0 Å². The summed E-state index contributed by atoms with van der Waals surface area (Å²) in [6, 6.07) is 6.08. The predicted octanol–water partition coefficient (Wildman–Crippen LogP) is 4.25. The standard InChI is InChI=1S/C15H22BrNO/c1-4-8-17-11-12(5-2)9-13-10-14(16)6-7-15(13)18-3/h6-7,9-10,17H,4-5,8,11H2,1-3H3. The summed E-state index contributed by atoms with van der Waals surface area (Å²) in [7, 11) is 1.71. The van der Waals surface area contributed by atoms with Crippen LogP contribution in [0.15, 0.2) is 28.2 Å². The summed E-state index contributed by atoms with van der Waals surface area (Å²) in [5, 5.41) is 3.44. The monoisotopic (exact) mass is 311 g/mol. The minimum Gasteiger partial charge on any atom is -0.496 e. The Balaban J connectivity index is 2.86. The summed E-state index contributed by atoms with van der Waals surface area (Å²) >= 11 is 3.50. The number of benzene rings is 1. The first-order valence-corrected chi connectivity index (χ1v) is 7.24. The molecule has 18 heavy (non-hydrogen) atoms. The van der Waals surface area contributed by atoms with Crippen LogP contribution in [0.25, 0.3) is 6.08 Å². The average molecular weight is 312 g/mol. The molecule has 0 aliphatic rings. The second-order valence-electron chi connectivity index (χ2n) is 4.22. The SMILES string of the molecule is CCCNCC(=Cc1cc(Br)ccc1OC)CC. The largest absolute Gasteiger partial charge is 0.496 e. The van der Waals surface area contributed by atoms with E-state index in [0.29, 0.717) is 0 Å². The third kappa shape index (κ3) is 4.83. The highest BCUT2D eigenvalue weighted by Crippen LogP contribution is 2.25. The normalized spacial score (nSPS) is 11.7. The van der Waals surface area contributed by atoms with Crippen molar-refractivity contribution >= 4 is 22.0 Å². The molecular weight excluding hydrogens is 290 g/mol. The third-order valence-electron chi connectivity index (χ3n) is 2.78. The van der Waals surface area contributed by atoms with Crippen molar-refractivity contribution in [2.45, 2.75) is 26.7 Å². The molecule has 0 heterocycles. The first-order chi connectivity index (χ1) is 8.71. The Hall–Kier alpha value is -0.800. The summed E-state index contributed by atoms with van der Waals surface area (Å²) in [5.41, 5.74) is 2.52. The highest BCUT2D eigenvalue weighted by atomic mass is 79.9. The maximum atomic E-state index is 5.39. The summed E-state index contributed by atoms with van der Waals surface area (Å²) < 4.78 is 6.46. The van der Waals surface area contributed by atoms with Crippen molar-refractivity contribution in [3.8, 4) is 5.75 Å². The summed E-state index contributed by atoms with van der Waals surface area (Å²) in [5.74, 6) is 0.916. The van der Waals surface area contributed by atoms with Gasteiger partial charge in [0.1, 0.15) is 5.75 Å². The van der Waals surface area contributed by atoms with Gasteiger partial charge in [0, 0.05) is 16.6 Å². The van der Waals surface area contributed by atoms with Crippen molar-refractivity contribution in [1.29, 1.82) is 0 Å². The minimum absolute atomic E-state index is 0.916. The molecule has 0 unspecified atom stereocenters. The van der Waals surface area contributed by atoms with Crippen LogP contribution in [0, 0.1) is 0 Å². The Morgan fingerprint density at radius 3 is 2.78 bits per heavy atom. The number of nitrogens with one attached hydrogen (secondary N) is 1. The molecule has 0 atom stereocenters. The smallest absolute Gasteiger partial charge is 0.126 e. The molecule has 0 aromatic heterocycles. The Labute approximate surface area is 119 Å². The number of rotatable bonds is 7. The molecule has 0 saturated heterocycles. The van der Waals surface area contributed by atoms with Crippen LogP contribution in [-0.4, -0.2) is 20.2 Å². The fraction of sp³-hybridized carbons (Fsp3) is 0.467. The summed E-state index contributed by atoms with van der Waals surface area (Å²) in [6.45, 7) is 6.37. The van der Waals surface area contributed by atoms with Crippen molar-refractivity contribution in [1.82, 2.24) is 5.32 Å². The van der Waals surface area contributed by atoms with E-state index in [2.05, 4.69) is 47.2 Å². The van der Waals surface area contributed by atoms with Gasteiger partial charge in [0.05, 0.1) is 7.11 Å². The van der Waals surface area contributed by atoms with E-state index in [0.717, 1.165) is 41.7 Å². The quantitative estimate of drug-likeness (QED) is 0.760. The Bertz CT molecular complexity index is 401. The van der Waals surface area contributed by atoms with E-state index in [4.69, 9.17) is 4.74 Å². The number of hydrogen-bond donors (Lipinski definition) is 1. The van der Waals surface area contributed by atoms with Gasteiger partial charge in [0.2, 0.25) is 0 Å². The van der Waals surface area contributed by atoms with Gasteiger partial charge in [-0.25, -0.2) is 0 Å². The van der Waals surface area contributed by atoms with Gasteiger partial charge in [-0.15, -0.1) is 0 Å². The maximum absolute atomic E-state index is 5.39. The molecule has 2 nitrogen and oxygen atoms in total. The van der Waals surface area contributed by atoms with Crippen molar-refractivity contribution in [3.63, 3.8) is 0 Å². The van der Waals surface area contributed by atoms with E-state index in [1.807, 2.05) is 12.1 Å². The Kier molecular flexibility index (Phi) is 7.06. The van der Waals surface area contributed by atoms with Gasteiger partial charge in [-0.2, -0.15) is 0 Å². The van der Waals surface area contributed by atoms with Gasteiger partial charge in [0.25, 0.3) is 0 Å². The molecule has 1 rings (SSSR count). The van der Waals surface area contributed by atoms with Crippen LogP contribution in [0.5, 0.6) is 5.75 Å². The minimum atomic E-state index is 0.916. The molecule has 0 fully saturated rings. The first-order valence-electron chi connectivity index (χ1n) is 6.45. The lowest BCUT2D eigenvalue weighted by atomic mass is 10.1. The second kappa shape index (κ2) is 8.33. The summed E-state index contributed by atoms with van der Waals surface area (Å²) in [6.07, 6.45) is 4.43. The van der Waals surface area contributed by atoms with Crippen LogP contribution >= 0.6 is 15.9 Å². The number of halogens is 1. The van der Waals surface area contributed by atoms with E-state index in [1.54, 1.807) is 7.11 Å². The molecule has 0 aliphatic carbocycles. The molecule has 1 aromatic carbocycles. The molecule has 0 bridgehead atoms. The molecule has 0 saturated carbocycles. The molecule has 100 valence electrons. The number of ether oxygens (including phenoxy) is 1. The van der Waals surface area contributed by atoms with Crippen LogP contribution in [0.2, 0.25) is 0 Å². The zero-order chi connectivity index (χ0) is 13.4. The maximum Gasteiger partial charge on any atom is 0.126 e. The molecule has 0 spiro atoms. The van der Waals surface area contributed by atoms with Crippen LogP contribution in [0.3, 0.4) is 0 Å². The molecule has 3 heteroatoms. The van der Waals surface area contributed by atoms with Gasteiger partial charge in [-0.3, -0.25) is 0 Å². The molecule has 1 aromatic rings. The lowest BCUT2D eigenvalue weighted by Gasteiger charge is -2.09. The van der Waals surface area contributed by atoms with Crippen molar-refractivity contribution in [3.05, 3.63) is 33.8 Å².